The highest BCUT2D eigenvalue weighted by Crippen LogP contribution is 2.39. The molecule has 0 radical (unpaired) electrons. The van der Waals surface area contributed by atoms with Gasteiger partial charge in [-0.2, -0.15) is 18.6 Å². The zero-order chi connectivity index (χ0) is 22.2. The maximum Gasteiger partial charge on any atom is 0.250 e. The molecule has 9 heteroatoms. The second kappa shape index (κ2) is 9.51. The maximum absolute atomic E-state index is 13.1. The molecule has 1 fully saturated rings. The number of fused-ring (bicyclic) bond motifs is 3. The van der Waals surface area contributed by atoms with Crippen LogP contribution in [0.3, 0.4) is 0 Å². The molecule has 1 atom stereocenters. The van der Waals surface area contributed by atoms with Crippen LogP contribution in [0.5, 0.6) is 0 Å². The van der Waals surface area contributed by atoms with E-state index in [1.807, 2.05) is 42.0 Å². The van der Waals surface area contributed by atoms with Crippen LogP contribution in [-0.4, -0.2) is 44.3 Å². The molecule has 4 heterocycles. The number of aromatic nitrogens is 4. The Morgan fingerprint density at radius 2 is 1.91 bits per heavy atom. The van der Waals surface area contributed by atoms with Crippen molar-refractivity contribution in [1.82, 2.24) is 19.7 Å². The zero-order valence-electron chi connectivity index (χ0n) is 18.9. The molecule has 7 nitrogen and oxygen atoms in total. The lowest BCUT2D eigenvalue weighted by Gasteiger charge is -2.40. The Balaban J connectivity index is 0.00000259. The quantitative estimate of drug-likeness (QED) is 0.554. The van der Waals surface area contributed by atoms with E-state index in [1.54, 1.807) is 12.1 Å². The minimum atomic E-state index is -0.235. The summed E-state index contributed by atoms with van der Waals surface area (Å²) < 4.78 is 15.0. The zero-order valence-corrected chi connectivity index (χ0v) is 19.9. The average Bonchev–Trinajstić information content (AvgIpc) is 3.44. The minimum Gasteiger partial charge on any atom is -0.343 e. The van der Waals surface area contributed by atoms with Gasteiger partial charge in [0.1, 0.15) is 23.4 Å². The van der Waals surface area contributed by atoms with Crippen LogP contribution >= 0.6 is 13.5 Å². The van der Waals surface area contributed by atoms with Gasteiger partial charge in [0.25, 0.3) is 0 Å². The summed E-state index contributed by atoms with van der Waals surface area (Å²) in [5.41, 5.74) is 2.92. The van der Waals surface area contributed by atoms with E-state index >= 15 is 0 Å². The predicted molar refractivity (Wildman–Crippen MR) is 131 cm³/mol. The van der Waals surface area contributed by atoms with Crippen molar-refractivity contribution in [3.05, 3.63) is 65.6 Å². The fourth-order valence-electron chi connectivity index (χ4n) is 4.65. The van der Waals surface area contributed by atoms with E-state index in [2.05, 4.69) is 15.0 Å². The third kappa shape index (κ3) is 4.59. The van der Waals surface area contributed by atoms with Crippen LogP contribution in [0.15, 0.2) is 42.9 Å². The molecule has 174 valence electrons. The molecule has 3 aromatic rings. The molecule has 0 N–H and O–H groups in total. The second-order valence-electron chi connectivity index (χ2n) is 8.82. The summed E-state index contributed by atoms with van der Waals surface area (Å²) >= 11 is 0. The van der Waals surface area contributed by atoms with Crippen molar-refractivity contribution in [3.63, 3.8) is 0 Å². The molecular formula is C24H29FN6OS. The molecule has 1 aromatic carbocycles. The van der Waals surface area contributed by atoms with Gasteiger partial charge in [0.05, 0.1) is 18.9 Å². The highest BCUT2D eigenvalue weighted by Gasteiger charge is 2.42. The average molecular weight is 469 g/mol. The lowest BCUT2D eigenvalue weighted by atomic mass is 10.1. The minimum absolute atomic E-state index is 0. The van der Waals surface area contributed by atoms with E-state index in [4.69, 9.17) is 4.98 Å². The van der Waals surface area contributed by atoms with E-state index in [0.717, 1.165) is 54.3 Å². The summed E-state index contributed by atoms with van der Waals surface area (Å²) in [4.78, 5) is 26.4. The number of nitrogens with zero attached hydrogens (tertiary/aromatic N) is 6. The van der Waals surface area contributed by atoms with Crippen molar-refractivity contribution in [1.29, 1.82) is 0 Å². The van der Waals surface area contributed by atoms with E-state index in [1.165, 1.54) is 12.1 Å². The van der Waals surface area contributed by atoms with Gasteiger partial charge in [-0.15, -0.1) is 0 Å². The maximum atomic E-state index is 13.1. The smallest absolute Gasteiger partial charge is 0.250 e. The van der Waals surface area contributed by atoms with Crippen LogP contribution in [-0.2, 0) is 24.2 Å². The number of halogens is 1. The van der Waals surface area contributed by atoms with Gasteiger partial charge in [-0.3, -0.25) is 9.48 Å². The van der Waals surface area contributed by atoms with Gasteiger partial charge in [0.15, 0.2) is 5.82 Å². The number of hydrogen-bond acceptors (Lipinski definition) is 5. The van der Waals surface area contributed by atoms with Crippen molar-refractivity contribution in [3.8, 4) is 0 Å². The van der Waals surface area contributed by atoms with Gasteiger partial charge >= 0.3 is 0 Å². The van der Waals surface area contributed by atoms with E-state index < -0.39 is 0 Å². The molecule has 0 saturated carbocycles. The molecular weight excluding hydrogens is 439 g/mol. The predicted octanol–water partition coefficient (Wildman–Crippen LogP) is 3.48. The van der Waals surface area contributed by atoms with Crippen LogP contribution in [0.2, 0.25) is 0 Å². The summed E-state index contributed by atoms with van der Waals surface area (Å²) in [6.45, 7) is 5.53. The van der Waals surface area contributed by atoms with Gasteiger partial charge in [-0.1, -0.05) is 12.1 Å². The van der Waals surface area contributed by atoms with Crippen molar-refractivity contribution >= 4 is 30.9 Å². The van der Waals surface area contributed by atoms with Gasteiger partial charge < -0.3 is 9.80 Å². The third-order valence-electron chi connectivity index (χ3n) is 6.21. The summed E-state index contributed by atoms with van der Waals surface area (Å²) in [5, 5.41) is 4.43. The van der Waals surface area contributed by atoms with Crippen LogP contribution in [0.4, 0.5) is 15.9 Å². The molecule has 1 amide bonds. The summed E-state index contributed by atoms with van der Waals surface area (Å²) in [6.07, 6.45) is 9.04. The van der Waals surface area contributed by atoms with Crippen molar-refractivity contribution in [2.45, 2.75) is 58.2 Å². The molecule has 2 aliphatic heterocycles. The van der Waals surface area contributed by atoms with Crippen LogP contribution in [0.1, 0.15) is 43.6 Å². The number of rotatable bonds is 6. The first-order chi connectivity index (χ1) is 15.5. The monoisotopic (exact) mass is 468 g/mol. The topological polar surface area (TPSA) is 67.2 Å². The number of carbonyl (C=O) groups is 1. The summed E-state index contributed by atoms with van der Waals surface area (Å²) in [5.74, 6) is 1.59. The van der Waals surface area contributed by atoms with Crippen molar-refractivity contribution < 1.29 is 9.18 Å². The Morgan fingerprint density at radius 3 is 2.67 bits per heavy atom. The molecule has 0 aliphatic carbocycles. The highest BCUT2D eigenvalue weighted by atomic mass is 32.1. The van der Waals surface area contributed by atoms with Gasteiger partial charge in [0, 0.05) is 25.2 Å². The van der Waals surface area contributed by atoms with E-state index in [0.29, 0.717) is 13.0 Å². The Bertz CT molecular complexity index is 1130. The normalized spacial score (nSPS) is 17.2. The first-order valence-electron chi connectivity index (χ1n) is 11.2. The Labute approximate surface area is 200 Å². The second-order valence-corrected chi connectivity index (χ2v) is 8.82. The number of amides is 1. The van der Waals surface area contributed by atoms with E-state index in [-0.39, 0.29) is 37.3 Å². The molecule has 1 saturated heterocycles. The number of aryl methyl sites for hydroxylation is 2. The fourth-order valence-corrected chi connectivity index (χ4v) is 4.65. The SMILES string of the molecule is CC(C)N1C(=O)[C@@H]2CCCN2c2nc(CCc3cnn(Cc4ccc(F)cc4)c3)ncc21.S. The van der Waals surface area contributed by atoms with Crippen molar-refractivity contribution in [2.75, 3.05) is 16.3 Å². The molecule has 0 unspecified atom stereocenters. The highest BCUT2D eigenvalue weighted by molar-refractivity contribution is 7.59. The summed E-state index contributed by atoms with van der Waals surface area (Å²) in [7, 11) is 0. The van der Waals surface area contributed by atoms with Gasteiger partial charge in [-0.05, 0) is 56.4 Å². The third-order valence-corrected chi connectivity index (χ3v) is 6.21. The Morgan fingerprint density at radius 1 is 1.12 bits per heavy atom. The number of hydrogen-bond donors (Lipinski definition) is 0. The molecule has 2 aliphatic rings. The number of anilines is 2. The molecule has 0 spiro atoms. The molecule has 0 bridgehead atoms. The summed E-state index contributed by atoms with van der Waals surface area (Å²) in [6, 6.07) is 6.45. The molecule has 5 rings (SSSR count). The van der Waals surface area contributed by atoms with Crippen LogP contribution in [0.25, 0.3) is 0 Å². The van der Waals surface area contributed by atoms with Crippen LogP contribution < -0.4 is 9.80 Å². The first kappa shape index (κ1) is 23.2. The molecule has 2 aromatic heterocycles. The lowest BCUT2D eigenvalue weighted by molar-refractivity contribution is -0.120. The van der Waals surface area contributed by atoms with E-state index in [9.17, 15) is 9.18 Å². The van der Waals surface area contributed by atoms with Crippen molar-refractivity contribution in [2.24, 2.45) is 0 Å². The van der Waals surface area contributed by atoms with Gasteiger partial charge in [-0.25, -0.2) is 14.4 Å². The standard InChI is InChI=1S/C24H27FN6O.H2S/c1-16(2)31-21-13-26-22(28-23(21)30-11-3-4-20(30)24(31)32)10-7-18-12-27-29(15-18)14-17-5-8-19(25)9-6-17;/h5-6,8-9,12-13,15-16,20H,3-4,7,10-11,14H2,1-2H3;1H2/t20-;/m0./s1. The number of carbonyl (C=O) groups excluding carboxylic acids is 1. The lowest BCUT2D eigenvalue weighted by Crippen LogP contribution is -2.53. The fraction of sp³-hybridized carbons (Fsp3) is 0.417. The number of benzene rings is 1. The Hall–Kier alpha value is -2.94. The first-order valence-corrected chi connectivity index (χ1v) is 11.2. The van der Waals surface area contributed by atoms with Crippen LogP contribution in [0, 0.1) is 5.82 Å². The Kier molecular flexibility index (Phi) is 6.69. The largest absolute Gasteiger partial charge is 0.343 e. The molecule has 33 heavy (non-hydrogen) atoms. The van der Waals surface area contributed by atoms with Gasteiger partial charge in [0.2, 0.25) is 5.91 Å².